The minimum absolute atomic E-state index is 0. The first-order valence-corrected chi connectivity index (χ1v) is 9.56. The van der Waals surface area contributed by atoms with E-state index in [2.05, 4.69) is 20.5 Å². The Balaban J connectivity index is 0.00000392. The van der Waals surface area contributed by atoms with Gasteiger partial charge in [-0.2, -0.15) is 0 Å². The van der Waals surface area contributed by atoms with Crippen LogP contribution in [0, 0.1) is 5.92 Å². The van der Waals surface area contributed by atoms with Crippen LogP contribution in [0.1, 0.15) is 18.4 Å². The first-order chi connectivity index (χ1) is 13.2. The van der Waals surface area contributed by atoms with Crippen LogP contribution in [0.2, 0.25) is 0 Å². The van der Waals surface area contributed by atoms with Gasteiger partial charge in [0.05, 0.1) is 20.8 Å². The van der Waals surface area contributed by atoms with Crippen molar-refractivity contribution in [3.63, 3.8) is 0 Å². The van der Waals surface area contributed by atoms with E-state index in [1.165, 1.54) is 12.8 Å². The van der Waals surface area contributed by atoms with Gasteiger partial charge in [-0.25, -0.2) is 0 Å². The van der Waals surface area contributed by atoms with Crippen molar-refractivity contribution in [2.24, 2.45) is 10.9 Å². The molecule has 1 aromatic rings. The number of hydrogen-bond acceptors (Lipinski definition) is 5. The van der Waals surface area contributed by atoms with E-state index in [1.54, 1.807) is 28.4 Å². The minimum atomic E-state index is 0. The van der Waals surface area contributed by atoms with Gasteiger partial charge in [0.2, 0.25) is 0 Å². The Labute approximate surface area is 186 Å². The number of nitrogens with zero attached hydrogens (tertiary/aromatic N) is 2. The number of benzene rings is 1. The maximum absolute atomic E-state index is 5.36. The van der Waals surface area contributed by atoms with Crippen molar-refractivity contribution in [3.8, 4) is 11.5 Å². The number of guanidine groups is 1. The first kappa shape index (κ1) is 24.8. The summed E-state index contributed by atoms with van der Waals surface area (Å²) in [5.41, 5.74) is 1.11. The molecule has 0 aliphatic carbocycles. The molecule has 0 amide bonds. The molecule has 2 rings (SSSR count). The number of likely N-dealkylation sites (tertiary alicyclic amines) is 1. The molecule has 0 aromatic heterocycles. The molecule has 2 N–H and O–H groups in total. The number of halogens is 1. The molecule has 1 saturated heterocycles. The van der Waals surface area contributed by atoms with Gasteiger partial charge in [-0.05, 0) is 49.5 Å². The largest absolute Gasteiger partial charge is 0.493 e. The molecule has 0 saturated carbocycles. The molecule has 0 spiro atoms. The van der Waals surface area contributed by atoms with Crippen molar-refractivity contribution in [1.29, 1.82) is 0 Å². The van der Waals surface area contributed by atoms with Gasteiger partial charge in [-0.1, -0.05) is 6.07 Å². The van der Waals surface area contributed by atoms with Crippen LogP contribution in [0.15, 0.2) is 23.2 Å². The molecule has 1 aromatic carbocycles. The monoisotopic (exact) mass is 506 g/mol. The van der Waals surface area contributed by atoms with Crippen LogP contribution in [0.4, 0.5) is 0 Å². The van der Waals surface area contributed by atoms with E-state index < -0.39 is 0 Å². The number of aliphatic imine (C=N–C) groups is 1. The summed E-state index contributed by atoms with van der Waals surface area (Å²) in [5, 5.41) is 6.82. The van der Waals surface area contributed by atoms with E-state index >= 15 is 0 Å². The van der Waals surface area contributed by atoms with E-state index in [-0.39, 0.29) is 24.0 Å². The van der Waals surface area contributed by atoms with Crippen LogP contribution in [-0.2, 0) is 11.3 Å². The Bertz CT molecular complexity index is 593. The fourth-order valence-electron chi connectivity index (χ4n) is 3.27. The second-order valence-corrected chi connectivity index (χ2v) is 6.77. The van der Waals surface area contributed by atoms with Crippen LogP contribution >= 0.6 is 24.0 Å². The van der Waals surface area contributed by atoms with Crippen molar-refractivity contribution in [2.75, 3.05) is 61.2 Å². The fraction of sp³-hybridized carbons (Fsp3) is 0.650. The van der Waals surface area contributed by atoms with Gasteiger partial charge in [0.25, 0.3) is 0 Å². The summed E-state index contributed by atoms with van der Waals surface area (Å²) in [6.45, 7) is 5.76. The third-order valence-corrected chi connectivity index (χ3v) is 5.01. The second-order valence-electron chi connectivity index (χ2n) is 6.77. The smallest absolute Gasteiger partial charge is 0.191 e. The molecule has 28 heavy (non-hydrogen) atoms. The highest BCUT2D eigenvalue weighted by Gasteiger charge is 2.19. The molecule has 160 valence electrons. The lowest BCUT2D eigenvalue weighted by molar-refractivity contribution is 0.121. The summed E-state index contributed by atoms with van der Waals surface area (Å²) in [6, 6.07) is 5.93. The van der Waals surface area contributed by atoms with E-state index in [0.29, 0.717) is 12.5 Å². The lowest BCUT2D eigenvalue weighted by atomic mass is 9.97. The average Bonchev–Trinajstić information content (AvgIpc) is 2.72. The lowest BCUT2D eigenvalue weighted by Gasteiger charge is -2.32. The summed E-state index contributed by atoms with van der Waals surface area (Å²) >= 11 is 0. The van der Waals surface area contributed by atoms with Gasteiger partial charge in [0, 0.05) is 33.8 Å². The number of hydrogen-bond donors (Lipinski definition) is 2. The SMILES string of the molecule is CN=C(NCc1ccc(OC)c(OC)c1)NCC1CCN(CCOC)CC1.I. The number of methoxy groups -OCH3 is 3. The quantitative estimate of drug-likeness (QED) is 0.305. The summed E-state index contributed by atoms with van der Waals surface area (Å²) in [7, 11) is 6.86. The number of piperidine rings is 1. The van der Waals surface area contributed by atoms with Gasteiger partial charge >= 0.3 is 0 Å². The molecular weight excluding hydrogens is 471 g/mol. The summed E-state index contributed by atoms with van der Waals surface area (Å²) in [6.07, 6.45) is 2.42. The molecule has 1 aliphatic heterocycles. The molecule has 8 heteroatoms. The Hall–Kier alpha value is -1.26. The first-order valence-electron chi connectivity index (χ1n) is 9.56. The minimum Gasteiger partial charge on any atom is -0.493 e. The van der Waals surface area contributed by atoms with Crippen molar-refractivity contribution in [2.45, 2.75) is 19.4 Å². The number of nitrogens with one attached hydrogen (secondary N) is 2. The van der Waals surface area contributed by atoms with Gasteiger partial charge in [-0.3, -0.25) is 4.99 Å². The van der Waals surface area contributed by atoms with Crippen LogP contribution in [-0.4, -0.2) is 72.0 Å². The predicted octanol–water partition coefficient (Wildman–Crippen LogP) is 2.35. The van der Waals surface area contributed by atoms with Gasteiger partial charge in [-0.15, -0.1) is 24.0 Å². The van der Waals surface area contributed by atoms with E-state index in [0.717, 1.165) is 55.8 Å². The number of rotatable bonds is 9. The van der Waals surface area contributed by atoms with Crippen molar-refractivity contribution in [3.05, 3.63) is 23.8 Å². The third-order valence-electron chi connectivity index (χ3n) is 5.01. The van der Waals surface area contributed by atoms with Crippen LogP contribution in [0.5, 0.6) is 11.5 Å². The Morgan fingerprint density at radius 2 is 1.82 bits per heavy atom. The fourth-order valence-corrected chi connectivity index (χ4v) is 3.27. The van der Waals surface area contributed by atoms with Crippen molar-refractivity contribution >= 4 is 29.9 Å². The zero-order chi connectivity index (χ0) is 19.5. The maximum Gasteiger partial charge on any atom is 0.191 e. The molecule has 0 atom stereocenters. The average molecular weight is 506 g/mol. The standard InChI is InChI=1S/C20H34N4O3.HI/c1-21-20(22-14-16-7-9-24(10-8-16)11-12-25-2)23-15-17-5-6-18(26-3)19(13-17)27-4;/h5-6,13,16H,7-12,14-15H2,1-4H3,(H2,21,22,23);1H. The second kappa shape index (κ2) is 13.8. The van der Waals surface area contributed by atoms with Crippen LogP contribution in [0.25, 0.3) is 0 Å². The third kappa shape index (κ3) is 8.00. The Morgan fingerprint density at radius 1 is 1.11 bits per heavy atom. The zero-order valence-electron chi connectivity index (χ0n) is 17.5. The topological polar surface area (TPSA) is 67.4 Å². The summed E-state index contributed by atoms with van der Waals surface area (Å²) in [4.78, 5) is 6.81. The highest BCUT2D eigenvalue weighted by molar-refractivity contribution is 14.0. The summed E-state index contributed by atoms with van der Waals surface area (Å²) < 4.78 is 15.8. The predicted molar refractivity (Wildman–Crippen MR) is 124 cm³/mol. The van der Waals surface area contributed by atoms with Crippen LogP contribution < -0.4 is 20.1 Å². The molecule has 7 nitrogen and oxygen atoms in total. The molecule has 1 aliphatic rings. The molecule has 0 bridgehead atoms. The molecule has 0 unspecified atom stereocenters. The Morgan fingerprint density at radius 3 is 2.43 bits per heavy atom. The van der Waals surface area contributed by atoms with Crippen LogP contribution in [0.3, 0.4) is 0 Å². The molecule has 1 heterocycles. The maximum atomic E-state index is 5.36. The summed E-state index contributed by atoms with van der Waals surface area (Å²) in [5.74, 6) is 2.98. The van der Waals surface area contributed by atoms with Crippen molar-refractivity contribution < 1.29 is 14.2 Å². The number of ether oxygens (including phenoxy) is 3. The van der Waals surface area contributed by atoms with E-state index in [4.69, 9.17) is 14.2 Å². The normalized spacial score (nSPS) is 15.6. The van der Waals surface area contributed by atoms with Gasteiger partial charge in [0.15, 0.2) is 17.5 Å². The Kier molecular flexibility index (Phi) is 12.2. The van der Waals surface area contributed by atoms with Gasteiger partial charge in [0.1, 0.15) is 0 Å². The van der Waals surface area contributed by atoms with Crippen molar-refractivity contribution in [1.82, 2.24) is 15.5 Å². The molecular formula is C20H35IN4O3. The molecule has 0 radical (unpaired) electrons. The van der Waals surface area contributed by atoms with E-state index in [1.807, 2.05) is 18.2 Å². The molecule has 1 fully saturated rings. The highest BCUT2D eigenvalue weighted by Crippen LogP contribution is 2.27. The zero-order valence-corrected chi connectivity index (χ0v) is 19.8. The highest BCUT2D eigenvalue weighted by atomic mass is 127. The van der Waals surface area contributed by atoms with Gasteiger partial charge < -0.3 is 29.7 Å². The van der Waals surface area contributed by atoms with E-state index in [9.17, 15) is 0 Å². The lowest BCUT2D eigenvalue weighted by Crippen LogP contribution is -2.43.